The van der Waals surface area contributed by atoms with Crippen LogP contribution in [0.1, 0.15) is 106 Å². The summed E-state index contributed by atoms with van der Waals surface area (Å²) >= 11 is 0. The first-order valence-electron chi connectivity index (χ1n) is 13.5. The van der Waals surface area contributed by atoms with Crippen molar-refractivity contribution in [2.45, 2.75) is 112 Å². The molecule has 3 fully saturated rings. The Kier molecular flexibility index (Phi) is 4.85. The van der Waals surface area contributed by atoms with Crippen LogP contribution in [-0.4, -0.2) is 22.3 Å². The van der Waals surface area contributed by atoms with Gasteiger partial charge in [-0.2, -0.15) is 0 Å². The number of allylic oxidation sites excluding steroid dienone is 4. The van der Waals surface area contributed by atoms with E-state index < -0.39 is 11.4 Å². The van der Waals surface area contributed by atoms with Gasteiger partial charge in [-0.15, -0.1) is 0 Å². The molecule has 3 nitrogen and oxygen atoms in total. The summed E-state index contributed by atoms with van der Waals surface area (Å²) in [5.41, 5.74) is 2.87. The fourth-order valence-electron chi connectivity index (χ4n) is 9.87. The number of carboxylic acid groups (broad SMARTS) is 1. The van der Waals surface area contributed by atoms with Crippen molar-refractivity contribution < 1.29 is 15.0 Å². The predicted molar refractivity (Wildman–Crippen MR) is 133 cm³/mol. The molecule has 184 valence electrons. The lowest BCUT2D eigenvalue weighted by atomic mass is 9.35. The van der Waals surface area contributed by atoms with Crippen molar-refractivity contribution in [2.75, 3.05) is 0 Å². The van der Waals surface area contributed by atoms with E-state index in [0.717, 1.165) is 25.7 Å². The highest BCUT2D eigenvalue weighted by molar-refractivity contribution is 5.75. The number of aliphatic carboxylic acids is 1. The molecule has 5 rings (SSSR count). The van der Waals surface area contributed by atoms with Crippen molar-refractivity contribution in [3.8, 4) is 0 Å². The van der Waals surface area contributed by atoms with Crippen molar-refractivity contribution >= 4 is 5.97 Å². The number of hydrogen-bond donors (Lipinski definition) is 2. The zero-order valence-electron chi connectivity index (χ0n) is 22.1. The van der Waals surface area contributed by atoms with Crippen LogP contribution in [-0.2, 0) is 4.79 Å². The molecule has 0 aromatic heterocycles. The molecular weight excluding hydrogens is 408 g/mol. The van der Waals surface area contributed by atoms with Crippen molar-refractivity contribution in [1.82, 2.24) is 0 Å². The number of aliphatic hydroxyl groups is 1. The Morgan fingerprint density at radius 2 is 1.58 bits per heavy atom. The molecule has 0 aromatic carbocycles. The minimum atomic E-state index is -0.640. The normalized spacial score (nSPS) is 52.9. The van der Waals surface area contributed by atoms with Crippen molar-refractivity contribution in [1.29, 1.82) is 0 Å². The molecule has 8 atom stereocenters. The second-order valence-electron chi connectivity index (χ2n) is 14.6. The monoisotopic (exact) mass is 454 g/mol. The highest BCUT2D eigenvalue weighted by atomic mass is 16.4. The molecule has 2 unspecified atom stereocenters. The largest absolute Gasteiger partial charge is 0.481 e. The second-order valence-corrected chi connectivity index (χ2v) is 14.6. The van der Waals surface area contributed by atoms with Crippen LogP contribution in [0, 0.1) is 44.3 Å². The lowest BCUT2D eigenvalue weighted by Crippen LogP contribution is -2.63. The van der Waals surface area contributed by atoms with Crippen molar-refractivity contribution in [2.24, 2.45) is 44.3 Å². The SMILES string of the molecule is CC1(C)C2CC[C@]3(C)C(C=CC4=C5C[C@@](C)(C(=O)O)CC[C@]5(C)CC[C@]43C)[C@@]2(C)CC[C@@H]1O. The third-order valence-electron chi connectivity index (χ3n) is 12.7. The number of hydrogen-bond acceptors (Lipinski definition) is 2. The minimum Gasteiger partial charge on any atom is -0.481 e. The van der Waals surface area contributed by atoms with E-state index >= 15 is 0 Å². The number of rotatable bonds is 1. The fraction of sp³-hybridized carbons (Fsp3) is 0.833. The Labute approximate surface area is 201 Å². The molecule has 3 heteroatoms. The third kappa shape index (κ3) is 2.81. The maximum absolute atomic E-state index is 12.2. The van der Waals surface area contributed by atoms with Gasteiger partial charge in [-0.05, 0) is 109 Å². The molecule has 0 saturated heterocycles. The quantitative estimate of drug-likeness (QED) is 0.442. The van der Waals surface area contributed by atoms with Gasteiger partial charge in [0, 0.05) is 0 Å². The molecule has 0 aliphatic heterocycles. The number of aliphatic hydroxyl groups excluding tert-OH is 1. The molecule has 0 radical (unpaired) electrons. The van der Waals surface area contributed by atoms with Gasteiger partial charge in [0.05, 0.1) is 11.5 Å². The van der Waals surface area contributed by atoms with E-state index in [-0.39, 0.29) is 33.2 Å². The van der Waals surface area contributed by atoms with Gasteiger partial charge >= 0.3 is 5.97 Å². The summed E-state index contributed by atoms with van der Waals surface area (Å²) in [6, 6.07) is 0. The fourth-order valence-corrected chi connectivity index (χ4v) is 9.87. The van der Waals surface area contributed by atoms with Crippen LogP contribution in [0.2, 0.25) is 0 Å². The highest BCUT2D eigenvalue weighted by Crippen LogP contribution is 2.74. The smallest absolute Gasteiger partial charge is 0.309 e. The highest BCUT2D eigenvalue weighted by Gasteiger charge is 2.66. The number of carbonyl (C=O) groups is 1. The molecule has 5 aliphatic rings. The molecule has 33 heavy (non-hydrogen) atoms. The first-order chi connectivity index (χ1) is 15.1. The molecule has 0 heterocycles. The van der Waals surface area contributed by atoms with Crippen molar-refractivity contribution in [3.05, 3.63) is 23.3 Å². The van der Waals surface area contributed by atoms with Gasteiger partial charge in [-0.25, -0.2) is 0 Å². The van der Waals surface area contributed by atoms with Crippen LogP contribution < -0.4 is 0 Å². The van der Waals surface area contributed by atoms with Gasteiger partial charge in [0.2, 0.25) is 0 Å². The Morgan fingerprint density at radius 3 is 2.24 bits per heavy atom. The van der Waals surface area contributed by atoms with Crippen LogP contribution in [0.25, 0.3) is 0 Å². The van der Waals surface area contributed by atoms with Gasteiger partial charge in [0.25, 0.3) is 0 Å². The average Bonchev–Trinajstić information content (AvgIpc) is 2.73. The summed E-state index contributed by atoms with van der Waals surface area (Å²) < 4.78 is 0. The van der Waals surface area contributed by atoms with Crippen LogP contribution >= 0.6 is 0 Å². The molecule has 0 spiro atoms. The summed E-state index contributed by atoms with van der Waals surface area (Å²) in [7, 11) is 0. The van der Waals surface area contributed by atoms with E-state index in [1.165, 1.54) is 36.8 Å². The number of carboxylic acids is 1. The Morgan fingerprint density at radius 1 is 0.909 bits per heavy atom. The van der Waals surface area contributed by atoms with E-state index in [0.29, 0.717) is 18.3 Å². The van der Waals surface area contributed by atoms with Gasteiger partial charge in [-0.3, -0.25) is 4.79 Å². The maximum Gasteiger partial charge on any atom is 0.309 e. The Hall–Kier alpha value is -1.09. The van der Waals surface area contributed by atoms with Crippen LogP contribution in [0.3, 0.4) is 0 Å². The Balaban J connectivity index is 1.65. The van der Waals surface area contributed by atoms with Gasteiger partial charge in [0.1, 0.15) is 0 Å². The maximum atomic E-state index is 12.2. The lowest BCUT2D eigenvalue weighted by Gasteiger charge is -2.69. The first kappa shape index (κ1) is 23.6. The van der Waals surface area contributed by atoms with Crippen molar-refractivity contribution in [3.63, 3.8) is 0 Å². The third-order valence-corrected chi connectivity index (χ3v) is 12.7. The first-order valence-corrected chi connectivity index (χ1v) is 13.5. The molecule has 5 aliphatic carbocycles. The molecule has 0 amide bonds. The van der Waals surface area contributed by atoms with Gasteiger partial charge in [0.15, 0.2) is 0 Å². The van der Waals surface area contributed by atoms with Crippen LogP contribution in [0.15, 0.2) is 23.3 Å². The van der Waals surface area contributed by atoms with Gasteiger partial charge in [-0.1, -0.05) is 59.3 Å². The topological polar surface area (TPSA) is 57.5 Å². The summed E-state index contributed by atoms with van der Waals surface area (Å²) in [5, 5.41) is 20.9. The number of fused-ring (bicyclic) bond motifs is 6. The van der Waals surface area contributed by atoms with E-state index in [4.69, 9.17) is 0 Å². The van der Waals surface area contributed by atoms with Crippen LogP contribution in [0.5, 0.6) is 0 Å². The predicted octanol–water partition coefficient (Wildman–Crippen LogP) is 7.15. The zero-order valence-corrected chi connectivity index (χ0v) is 22.1. The molecule has 0 bridgehead atoms. The second kappa shape index (κ2) is 6.77. The van der Waals surface area contributed by atoms with E-state index in [9.17, 15) is 15.0 Å². The van der Waals surface area contributed by atoms with E-state index in [2.05, 4.69) is 53.7 Å². The molecular formula is C30H46O3. The average molecular weight is 455 g/mol. The van der Waals surface area contributed by atoms with Crippen LogP contribution in [0.4, 0.5) is 0 Å². The van der Waals surface area contributed by atoms with E-state index in [1.807, 2.05) is 6.92 Å². The molecule has 3 saturated carbocycles. The molecule has 0 aromatic rings. The summed E-state index contributed by atoms with van der Waals surface area (Å²) in [5.74, 6) is 0.404. The minimum absolute atomic E-state index is 0.0420. The standard InChI is InChI=1S/C30H46O3/c1-25(2)21-10-13-30(7)22(28(21,5)12-11-23(25)31)9-8-19-20-18-27(4,24(32)33)15-14-26(20,3)16-17-29(19,30)6/h8-9,21-23,31H,10-18H2,1-7H3,(H,32,33)/t21?,22?,23-,26+,27-,28-,29+,30+/m0/s1. The summed E-state index contributed by atoms with van der Waals surface area (Å²) in [4.78, 5) is 12.2. The Bertz CT molecular complexity index is 944. The summed E-state index contributed by atoms with van der Waals surface area (Å²) in [6.45, 7) is 16.6. The molecule has 2 N–H and O–H groups in total. The lowest BCUT2D eigenvalue weighted by molar-refractivity contribution is -0.182. The van der Waals surface area contributed by atoms with Gasteiger partial charge < -0.3 is 10.2 Å². The van der Waals surface area contributed by atoms with E-state index in [1.54, 1.807) is 0 Å². The zero-order chi connectivity index (χ0) is 24.2. The summed E-state index contributed by atoms with van der Waals surface area (Å²) in [6.07, 6.45) is 14.0.